The lowest BCUT2D eigenvalue weighted by atomic mass is 9.48. The third-order valence-electron chi connectivity index (χ3n) is 9.31. The molecule has 8 rings (SSSR count). The zero-order valence-electron chi connectivity index (χ0n) is 20.3. The van der Waals surface area contributed by atoms with Crippen molar-refractivity contribution in [3.8, 4) is 5.69 Å². The monoisotopic (exact) mass is 433 g/mol. The quantitative estimate of drug-likeness (QED) is 0.298. The third-order valence-corrected chi connectivity index (χ3v) is 9.31. The highest BCUT2D eigenvalue weighted by Crippen LogP contribution is 2.60. The Bertz CT molecular complexity index is 1330. The Morgan fingerprint density at radius 1 is 0.697 bits per heavy atom. The van der Waals surface area contributed by atoms with Gasteiger partial charge in [0.25, 0.3) is 0 Å². The first-order chi connectivity index (χ1) is 15.9. The number of para-hydroxylation sites is 1. The van der Waals surface area contributed by atoms with Crippen LogP contribution >= 0.6 is 0 Å². The minimum absolute atomic E-state index is 0.150. The Kier molecular flexibility index (Phi) is 4.07. The predicted octanol–water partition coefficient (Wildman–Crippen LogP) is 8.55. The lowest BCUT2D eigenvalue weighted by Gasteiger charge is -2.57. The number of hydrogen-bond donors (Lipinski definition) is 0. The smallest absolute Gasteiger partial charge is 0.0541 e. The van der Waals surface area contributed by atoms with E-state index >= 15 is 0 Å². The van der Waals surface area contributed by atoms with Crippen LogP contribution in [-0.2, 0) is 10.8 Å². The van der Waals surface area contributed by atoms with E-state index in [1.165, 1.54) is 71.6 Å². The zero-order chi connectivity index (χ0) is 22.4. The number of benzene rings is 3. The van der Waals surface area contributed by atoms with Gasteiger partial charge in [0.1, 0.15) is 0 Å². The number of rotatable bonds is 2. The highest BCUT2D eigenvalue weighted by Gasteiger charge is 2.51. The van der Waals surface area contributed by atoms with E-state index < -0.39 is 0 Å². The van der Waals surface area contributed by atoms with Crippen LogP contribution in [0, 0.1) is 17.8 Å². The second kappa shape index (κ2) is 6.75. The molecule has 0 saturated heterocycles. The van der Waals surface area contributed by atoms with E-state index in [0.717, 1.165) is 17.8 Å². The maximum absolute atomic E-state index is 2.48. The van der Waals surface area contributed by atoms with Crippen molar-refractivity contribution in [3.05, 3.63) is 77.9 Å². The molecule has 33 heavy (non-hydrogen) atoms. The molecule has 1 nitrogen and oxygen atoms in total. The van der Waals surface area contributed by atoms with Gasteiger partial charge in [0, 0.05) is 16.5 Å². The van der Waals surface area contributed by atoms with Crippen molar-refractivity contribution in [2.45, 2.75) is 70.1 Å². The summed E-state index contributed by atoms with van der Waals surface area (Å²) in [6, 6.07) is 25.7. The van der Waals surface area contributed by atoms with Crippen molar-refractivity contribution in [1.29, 1.82) is 0 Å². The van der Waals surface area contributed by atoms with E-state index in [-0.39, 0.29) is 5.41 Å². The molecule has 4 bridgehead atoms. The topological polar surface area (TPSA) is 4.93 Å². The van der Waals surface area contributed by atoms with Crippen LogP contribution in [0.1, 0.15) is 70.4 Å². The summed E-state index contributed by atoms with van der Waals surface area (Å²) in [4.78, 5) is 0. The van der Waals surface area contributed by atoms with Gasteiger partial charge in [-0.3, -0.25) is 0 Å². The highest BCUT2D eigenvalue weighted by molar-refractivity contribution is 6.09. The Labute approximate surface area is 197 Å². The van der Waals surface area contributed by atoms with Crippen LogP contribution < -0.4 is 0 Å². The van der Waals surface area contributed by atoms with E-state index in [9.17, 15) is 0 Å². The molecule has 4 saturated carbocycles. The molecule has 0 spiro atoms. The Hall–Kier alpha value is -2.54. The van der Waals surface area contributed by atoms with Gasteiger partial charge >= 0.3 is 0 Å². The van der Waals surface area contributed by atoms with Crippen LogP contribution in [0.15, 0.2) is 66.7 Å². The van der Waals surface area contributed by atoms with E-state index in [1.807, 2.05) is 0 Å². The maximum Gasteiger partial charge on any atom is 0.0541 e. The standard InChI is InChI=1S/C32H35N/c1-31(2,3)25-10-13-30-28(17-25)27-6-4-5-7-29(27)33(30)26-11-8-24(9-12-26)32-18-21-14-22(19-32)16-23(15-21)20-32/h4-13,17,21-23H,14-16,18-20H2,1-3H3. The zero-order valence-corrected chi connectivity index (χ0v) is 20.3. The fourth-order valence-corrected chi connectivity index (χ4v) is 8.15. The van der Waals surface area contributed by atoms with Gasteiger partial charge in [0.05, 0.1) is 11.0 Å². The molecule has 168 valence electrons. The highest BCUT2D eigenvalue weighted by atomic mass is 15.0. The summed E-state index contributed by atoms with van der Waals surface area (Å²) >= 11 is 0. The van der Waals surface area contributed by atoms with Crippen molar-refractivity contribution in [2.24, 2.45) is 17.8 Å². The second-order valence-corrected chi connectivity index (χ2v) is 12.6. The molecular weight excluding hydrogens is 398 g/mol. The Balaban J connectivity index is 1.35. The number of nitrogens with zero attached hydrogens (tertiary/aromatic N) is 1. The SMILES string of the molecule is CC(C)(C)c1ccc2c(c1)c1ccccc1n2-c1ccc(C23CC4CC(CC(C4)C2)C3)cc1. The summed E-state index contributed by atoms with van der Waals surface area (Å²) in [6.45, 7) is 6.91. The van der Waals surface area contributed by atoms with Crippen LogP contribution in [-0.4, -0.2) is 4.57 Å². The van der Waals surface area contributed by atoms with Gasteiger partial charge in [0.15, 0.2) is 0 Å². The molecule has 4 aromatic rings. The van der Waals surface area contributed by atoms with Crippen LogP contribution in [0.4, 0.5) is 0 Å². The van der Waals surface area contributed by atoms with E-state index in [0.29, 0.717) is 5.41 Å². The third kappa shape index (κ3) is 2.97. The average Bonchev–Trinajstić information content (AvgIpc) is 3.11. The van der Waals surface area contributed by atoms with Crippen LogP contribution in [0.25, 0.3) is 27.5 Å². The minimum Gasteiger partial charge on any atom is -0.309 e. The summed E-state index contributed by atoms with van der Waals surface area (Å²) in [5.74, 6) is 2.97. The van der Waals surface area contributed by atoms with Gasteiger partial charge in [-0.05, 0) is 109 Å². The molecule has 0 aliphatic heterocycles. The molecule has 1 heteroatoms. The molecule has 1 aromatic heterocycles. The van der Waals surface area contributed by atoms with Crippen LogP contribution in [0.3, 0.4) is 0 Å². The van der Waals surface area contributed by atoms with Gasteiger partial charge in [-0.25, -0.2) is 0 Å². The van der Waals surface area contributed by atoms with Crippen molar-refractivity contribution >= 4 is 21.8 Å². The first-order valence-electron chi connectivity index (χ1n) is 13.0. The molecule has 4 aliphatic carbocycles. The van der Waals surface area contributed by atoms with Gasteiger partial charge in [-0.2, -0.15) is 0 Å². The molecule has 3 aromatic carbocycles. The molecular formula is C32H35N. The minimum atomic E-state index is 0.150. The predicted molar refractivity (Wildman–Crippen MR) is 139 cm³/mol. The lowest BCUT2D eigenvalue weighted by molar-refractivity contribution is -0.00518. The molecule has 0 radical (unpaired) electrons. The van der Waals surface area contributed by atoms with E-state index in [1.54, 1.807) is 5.56 Å². The number of aromatic nitrogens is 1. The number of hydrogen-bond acceptors (Lipinski definition) is 0. The van der Waals surface area contributed by atoms with Gasteiger partial charge in [-0.1, -0.05) is 57.2 Å². The van der Waals surface area contributed by atoms with Crippen molar-refractivity contribution < 1.29 is 0 Å². The van der Waals surface area contributed by atoms with Crippen molar-refractivity contribution in [3.63, 3.8) is 0 Å². The Morgan fingerprint density at radius 2 is 1.30 bits per heavy atom. The molecule has 0 atom stereocenters. The van der Waals surface area contributed by atoms with Crippen LogP contribution in [0.5, 0.6) is 0 Å². The second-order valence-electron chi connectivity index (χ2n) is 12.6. The molecule has 4 fully saturated rings. The summed E-state index contributed by atoms with van der Waals surface area (Å²) in [6.07, 6.45) is 8.83. The largest absolute Gasteiger partial charge is 0.309 e. The fraction of sp³-hybridized carbons (Fsp3) is 0.438. The number of fused-ring (bicyclic) bond motifs is 3. The van der Waals surface area contributed by atoms with Gasteiger partial charge in [0.2, 0.25) is 0 Å². The lowest BCUT2D eigenvalue weighted by Crippen LogP contribution is -2.48. The maximum atomic E-state index is 2.48. The summed E-state index contributed by atoms with van der Waals surface area (Å²) < 4.78 is 2.47. The first kappa shape index (κ1) is 19.9. The van der Waals surface area contributed by atoms with Crippen molar-refractivity contribution in [1.82, 2.24) is 4.57 Å². The van der Waals surface area contributed by atoms with Gasteiger partial charge in [-0.15, -0.1) is 0 Å². The normalized spacial score (nSPS) is 28.8. The molecule has 0 unspecified atom stereocenters. The molecule has 1 heterocycles. The molecule has 4 aliphatic rings. The molecule has 0 N–H and O–H groups in total. The summed E-state index contributed by atoms with van der Waals surface area (Å²) in [5.41, 5.74) is 7.54. The van der Waals surface area contributed by atoms with Crippen LogP contribution in [0.2, 0.25) is 0 Å². The van der Waals surface area contributed by atoms with Gasteiger partial charge < -0.3 is 4.57 Å². The fourth-order valence-electron chi connectivity index (χ4n) is 8.15. The summed E-state index contributed by atoms with van der Waals surface area (Å²) in [7, 11) is 0. The first-order valence-corrected chi connectivity index (χ1v) is 13.0. The van der Waals surface area contributed by atoms with E-state index in [4.69, 9.17) is 0 Å². The van der Waals surface area contributed by atoms with Crippen molar-refractivity contribution in [2.75, 3.05) is 0 Å². The van der Waals surface area contributed by atoms with E-state index in [2.05, 4.69) is 92.1 Å². The molecule has 0 amide bonds. The average molecular weight is 434 g/mol. The Morgan fingerprint density at radius 3 is 1.94 bits per heavy atom. The summed E-state index contributed by atoms with van der Waals surface area (Å²) in [5, 5.41) is 2.71.